The Morgan fingerprint density at radius 1 is 1.26 bits per heavy atom. The molecule has 3 nitrogen and oxygen atoms in total. The lowest BCUT2D eigenvalue weighted by Crippen LogP contribution is -2.38. The number of carbonyl (C=O) groups is 1. The van der Waals surface area contributed by atoms with Gasteiger partial charge in [0, 0.05) is 11.6 Å². The molecule has 1 N–H and O–H groups in total. The molecule has 23 heavy (non-hydrogen) atoms. The van der Waals surface area contributed by atoms with E-state index >= 15 is 0 Å². The van der Waals surface area contributed by atoms with Crippen LogP contribution in [0.25, 0.3) is 0 Å². The zero-order valence-corrected chi connectivity index (χ0v) is 15.2. The molecule has 0 aliphatic heterocycles. The van der Waals surface area contributed by atoms with E-state index in [0.717, 1.165) is 18.7 Å². The summed E-state index contributed by atoms with van der Waals surface area (Å²) >= 11 is 7.81. The van der Waals surface area contributed by atoms with Crippen LogP contribution in [0.5, 0.6) is 0 Å². The van der Waals surface area contributed by atoms with Crippen LogP contribution < -0.4 is 5.32 Å². The molecule has 124 valence electrons. The highest BCUT2D eigenvalue weighted by Crippen LogP contribution is 2.22. The molecule has 0 spiro atoms. The van der Waals surface area contributed by atoms with Crippen LogP contribution in [0.1, 0.15) is 31.0 Å². The van der Waals surface area contributed by atoms with Crippen molar-refractivity contribution in [1.29, 1.82) is 0 Å². The fourth-order valence-electron chi connectivity index (χ4n) is 2.67. The molecule has 0 fully saturated rings. The quantitative estimate of drug-likeness (QED) is 0.775. The van der Waals surface area contributed by atoms with Crippen LogP contribution in [0.3, 0.4) is 0 Å². The van der Waals surface area contributed by atoms with Gasteiger partial charge in [0.1, 0.15) is 0 Å². The molecule has 5 heteroatoms. The summed E-state index contributed by atoms with van der Waals surface area (Å²) in [6.45, 7) is 6.82. The number of amides is 1. The monoisotopic (exact) mass is 350 g/mol. The van der Waals surface area contributed by atoms with Crippen molar-refractivity contribution in [3.05, 3.63) is 57.2 Å². The van der Waals surface area contributed by atoms with Crippen LogP contribution in [0.15, 0.2) is 41.1 Å². The van der Waals surface area contributed by atoms with Gasteiger partial charge in [0.15, 0.2) is 0 Å². The Labute approximate surface area is 147 Å². The molecule has 1 atom stereocenters. The van der Waals surface area contributed by atoms with Crippen molar-refractivity contribution in [2.45, 2.75) is 26.3 Å². The van der Waals surface area contributed by atoms with Gasteiger partial charge in [0.05, 0.1) is 12.5 Å². The average molecular weight is 351 g/mol. The lowest BCUT2D eigenvalue weighted by molar-refractivity contribution is -0.120. The van der Waals surface area contributed by atoms with Gasteiger partial charge in [-0.1, -0.05) is 43.6 Å². The highest BCUT2D eigenvalue weighted by molar-refractivity contribution is 7.07. The van der Waals surface area contributed by atoms with E-state index in [1.165, 1.54) is 5.56 Å². The van der Waals surface area contributed by atoms with Crippen LogP contribution in [-0.2, 0) is 11.2 Å². The van der Waals surface area contributed by atoms with E-state index in [1.807, 2.05) is 24.3 Å². The first kappa shape index (κ1) is 18.0. The standard InChI is InChI=1S/C18H23ClN2OS/c1-3-21(4-2)17(15-9-10-23-13-15)12-20-18(22)11-14-7-5-6-8-16(14)19/h5-10,13,17H,3-4,11-12H2,1-2H3,(H,20,22). The SMILES string of the molecule is CCN(CC)C(CNC(=O)Cc1ccccc1Cl)c1ccsc1. The molecule has 0 saturated heterocycles. The fraction of sp³-hybridized carbons (Fsp3) is 0.389. The number of rotatable bonds is 8. The predicted molar refractivity (Wildman–Crippen MR) is 98.1 cm³/mol. The van der Waals surface area contributed by atoms with E-state index < -0.39 is 0 Å². The van der Waals surface area contributed by atoms with Gasteiger partial charge in [-0.15, -0.1) is 0 Å². The summed E-state index contributed by atoms with van der Waals surface area (Å²) in [7, 11) is 0. The third-order valence-electron chi connectivity index (χ3n) is 3.98. The third-order valence-corrected chi connectivity index (χ3v) is 5.05. The van der Waals surface area contributed by atoms with Gasteiger partial charge in [-0.2, -0.15) is 11.3 Å². The number of halogens is 1. The lowest BCUT2D eigenvalue weighted by Gasteiger charge is -2.29. The maximum atomic E-state index is 12.3. The Bertz CT molecular complexity index is 611. The minimum atomic E-state index is 0.00508. The van der Waals surface area contributed by atoms with E-state index in [2.05, 4.69) is 40.9 Å². The van der Waals surface area contributed by atoms with Gasteiger partial charge in [0.25, 0.3) is 0 Å². The summed E-state index contributed by atoms with van der Waals surface area (Å²) in [5.74, 6) is 0.00508. The second-order valence-corrected chi connectivity index (χ2v) is 6.55. The van der Waals surface area contributed by atoms with Gasteiger partial charge in [0.2, 0.25) is 5.91 Å². The summed E-state index contributed by atoms with van der Waals surface area (Å²) in [4.78, 5) is 14.6. The van der Waals surface area contributed by atoms with Crippen molar-refractivity contribution in [2.75, 3.05) is 19.6 Å². The minimum Gasteiger partial charge on any atom is -0.354 e. The Hall–Kier alpha value is -1.36. The van der Waals surface area contributed by atoms with Gasteiger partial charge < -0.3 is 5.32 Å². The number of hydrogen-bond acceptors (Lipinski definition) is 3. The first-order chi connectivity index (χ1) is 11.2. The van der Waals surface area contributed by atoms with Crippen LogP contribution >= 0.6 is 22.9 Å². The summed E-state index contributed by atoms with van der Waals surface area (Å²) in [6.07, 6.45) is 0.314. The summed E-state index contributed by atoms with van der Waals surface area (Å²) in [6, 6.07) is 9.83. The van der Waals surface area contributed by atoms with E-state index in [1.54, 1.807) is 11.3 Å². The third kappa shape index (κ3) is 5.06. The Kier molecular flexibility index (Phi) is 7.09. The van der Waals surface area contributed by atoms with Gasteiger partial charge in [-0.05, 0) is 47.1 Å². The molecule has 0 bridgehead atoms. The first-order valence-corrected chi connectivity index (χ1v) is 9.24. The van der Waals surface area contributed by atoms with Crippen LogP contribution in [0.2, 0.25) is 5.02 Å². The number of benzene rings is 1. The second-order valence-electron chi connectivity index (χ2n) is 5.37. The summed E-state index contributed by atoms with van der Waals surface area (Å²) in [5.41, 5.74) is 2.12. The van der Waals surface area contributed by atoms with Crippen LogP contribution in [-0.4, -0.2) is 30.4 Å². The number of carbonyl (C=O) groups excluding carboxylic acids is 1. The largest absolute Gasteiger partial charge is 0.354 e. The number of nitrogens with zero attached hydrogens (tertiary/aromatic N) is 1. The zero-order chi connectivity index (χ0) is 16.7. The predicted octanol–water partition coefficient (Wildman–Crippen LogP) is 4.14. The molecule has 2 aromatic rings. The van der Waals surface area contributed by atoms with E-state index in [0.29, 0.717) is 18.0 Å². The maximum Gasteiger partial charge on any atom is 0.224 e. The lowest BCUT2D eigenvalue weighted by atomic mass is 10.1. The highest BCUT2D eigenvalue weighted by Gasteiger charge is 2.19. The molecule has 0 saturated carbocycles. The molecule has 1 amide bonds. The molecule has 1 unspecified atom stereocenters. The van der Waals surface area contributed by atoms with Crippen molar-refractivity contribution in [3.63, 3.8) is 0 Å². The van der Waals surface area contributed by atoms with Crippen molar-refractivity contribution in [2.24, 2.45) is 0 Å². The van der Waals surface area contributed by atoms with E-state index in [-0.39, 0.29) is 11.9 Å². The van der Waals surface area contributed by atoms with Gasteiger partial charge in [-0.25, -0.2) is 0 Å². The second kappa shape index (κ2) is 9.06. The molecule has 0 aliphatic carbocycles. The summed E-state index contributed by atoms with van der Waals surface area (Å²) < 4.78 is 0. The van der Waals surface area contributed by atoms with Crippen molar-refractivity contribution in [3.8, 4) is 0 Å². The van der Waals surface area contributed by atoms with Crippen molar-refractivity contribution < 1.29 is 4.79 Å². The molecule has 2 rings (SSSR count). The maximum absolute atomic E-state index is 12.3. The van der Waals surface area contributed by atoms with Crippen molar-refractivity contribution >= 4 is 28.8 Å². The normalized spacial score (nSPS) is 12.3. The Morgan fingerprint density at radius 3 is 2.61 bits per heavy atom. The molecule has 0 aliphatic rings. The number of nitrogens with one attached hydrogen (secondary N) is 1. The van der Waals surface area contributed by atoms with E-state index in [4.69, 9.17) is 11.6 Å². The Morgan fingerprint density at radius 2 is 2.00 bits per heavy atom. The molecule has 1 heterocycles. The van der Waals surface area contributed by atoms with Gasteiger partial charge in [-0.3, -0.25) is 9.69 Å². The topological polar surface area (TPSA) is 32.3 Å². The molecular weight excluding hydrogens is 328 g/mol. The van der Waals surface area contributed by atoms with Gasteiger partial charge >= 0.3 is 0 Å². The minimum absolute atomic E-state index is 0.00508. The zero-order valence-electron chi connectivity index (χ0n) is 13.6. The molecule has 1 aromatic heterocycles. The number of likely N-dealkylation sites (N-methyl/N-ethyl adjacent to an activating group) is 1. The smallest absolute Gasteiger partial charge is 0.224 e. The molecular formula is C18H23ClN2OS. The number of hydrogen-bond donors (Lipinski definition) is 1. The van der Waals surface area contributed by atoms with Crippen LogP contribution in [0, 0.1) is 0 Å². The van der Waals surface area contributed by atoms with E-state index in [9.17, 15) is 4.79 Å². The fourth-order valence-corrected chi connectivity index (χ4v) is 3.58. The average Bonchev–Trinajstić information content (AvgIpc) is 3.08. The molecule has 1 aromatic carbocycles. The first-order valence-electron chi connectivity index (χ1n) is 7.91. The Balaban J connectivity index is 1.98. The highest BCUT2D eigenvalue weighted by atomic mass is 35.5. The summed E-state index contributed by atoms with van der Waals surface area (Å²) in [5, 5.41) is 7.94. The molecule has 0 radical (unpaired) electrons. The number of thiophene rings is 1. The van der Waals surface area contributed by atoms with Crippen molar-refractivity contribution in [1.82, 2.24) is 10.2 Å². The van der Waals surface area contributed by atoms with Crippen LogP contribution in [0.4, 0.5) is 0 Å².